The van der Waals surface area contributed by atoms with Crippen molar-refractivity contribution in [3.8, 4) is 0 Å². The first-order valence-corrected chi connectivity index (χ1v) is 10.0. The first kappa shape index (κ1) is 17.7. The maximum absolute atomic E-state index is 12.9. The molecule has 1 saturated heterocycles. The van der Waals surface area contributed by atoms with Crippen molar-refractivity contribution in [2.45, 2.75) is 25.3 Å². The van der Waals surface area contributed by atoms with E-state index < -0.39 is 0 Å². The molecule has 0 radical (unpaired) electrons. The summed E-state index contributed by atoms with van der Waals surface area (Å²) in [6, 6.07) is 12.0. The number of nitrogens with one attached hydrogen (secondary N) is 1. The van der Waals surface area contributed by atoms with Crippen LogP contribution in [0.4, 0.5) is 0 Å². The molecular formula is C23H23N5O. The van der Waals surface area contributed by atoms with Crippen molar-refractivity contribution in [2.75, 3.05) is 13.1 Å². The van der Waals surface area contributed by atoms with E-state index in [-0.39, 0.29) is 5.91 Å². The van der Waals surface area contributed by atoms with Crippen LogP contribution >= 0.6 is 0 Å². The predicted molar refractivity (Wildman–Crippen MR) is 112 cm³/mol. The number of imidazole rings is 1. The number of likely N-dealkylation sites (tertiary alicyclic amines) is 1. The van der Waals surface area contributed by atoms with E-state index in [0.29, 0.717) is 5.92 Å². The molecular weight excluding hydrogens is 362 g/mol. The van der Waals surface area contributed by atoms with Crippen molar-refractivity contribution < 1.29 is 4.79 Å². The van der Waals surface area contributed by atoms with Crippen molar-refractivity contribution in [1.29, 1.82) is 0 Å². The summed E-state index contributed by atoms with van der Waals surface area (Å²) in [6.45, 7) is 2.33. The SMILES string of the molecule is O=C(c1ccc(Cn2ccnc2)cc1)N1CCC(c2c[nH]c3ncccc23)CC1. The molecule has 1 aromatic carbocycles. The van der Waals surface area contributed by atoms with Crippen LogP contribution in [0, 0.1) is 0 Å². The molecule has 6 nitrogen and oxygen atoms in total. The fourth-order valence-electron chi connectivity index (χ4n) is 4.23. The summed E-state index contributed by atoms with van der Waals surface area (Å²) in [4.78, 5) is 26.6. The summed E-state index contributed by atoms with van der Waals surface area (Å²) < 4.78 is 2.02. The number of carbonyl (C=O) groups is 1. The van der Waals surface area contributed by atoms with Gasteiger partial charge < -0.3 is 14.5 Å². The molecule has 1 fully saturated rings. The van der Waals surface area contributed by atoms with E-state index in [4.69, 9.17) is 0 Å². The molecule has 6 heteroatoms. The van der Waals surface area contributed by atoms with Crippen LogP contribution in [0.25, 0.3) is 11.0 Å². The highest BCUT2D eigenvalue weighted by atomic mass is 16.2. The topological polar surface area (TPSA) is 66.8 Å². The molecule has 4 heterocycles. The van der Waals surface area contributed by atoms with Crippen LogP contribution < -0.4 is 0 Å². The number of nitrogens with zero attached hydrogens (tertiary/aromatic N) is 4. The molecule has 1 aliphatic rings. The molecule has 0 spiro atoms. The number of hydrogen-bond acceptors (Lipinski definition) is 3. The van der Waals surface area contributed by atoms with Crippen LogP contribution in [0.2, 0.25) is 0 Å². The quantitative estimate of drug-likeness (QED) is 0.581. The second-order valence-corrected chi connectivity index (χ2v) is 7.64. The number of pyridine rings is 1. The lowest BCUT2D eigenvalue weighted by atomic mass is 9.89. The summed E-state index contributed by atoms with van der Waals surface area (Å²) in [6.07, 6.45) is 11.4. The minimum absolute atomic E-state index is 0.123. The zero-order valence-corrected chi connectivity index (χ0v) is 16.2. The molecule has 1 aliphatic heterocycles. The molecule has 0 unspecified atom stereocenters. The zero-order valence-electron chi connectivity index (χ0n) is 16.2. The number of piperidine rings is 1. The fraction of sp³-hybridized carbons (Fsp3) is 0.261. The Kier molecular flexibility index (Phi) is 4.60. The molecule has 1 amide bonds. The first-order valence-electron chi connectivity index (χ1n) is 10.0. The molecule has 0 aliphatic carbocycles. The third-order valence-electron chi connectivity index (χ3n) is 5.83. The molecule has 0 saturated carbocycles. The van der Waals surface area contributed by atoms with Crippen molar-refractivity contribution in [1.82, 2.24) is 24.4 Å². The van der Waals surface area contributed by atoms with Gasteiger partial charge in [-0.2, -0.15) is 0 Å². The second kappa shape index (κ2) is 7.54. The van der Waals surface area contributed by atoms with Gasteiger partial charge >= 0.3 is 0 Å². The number of hydrogen-bond donors (Lipinski definition) is 1. The average Bonchev–Trinajstić information content (AvgIpc) is 3.44. The Morgan fingerprint density at radius 3 is 2.69 bits per heavy atom. The van der Waals surface area contributed by atoms with Gasteiger partial charge in [-0.15, -0.1) is 0 Å². The highest BCUT2D eigenvalue weighted by molar-refractivity contribution is 5.94. The van der Waals surface area contributed by atoms with E-state index in [1.54, 1.807) is 12.5 Å². The van der Waals surface area contributed by atoms with Crippen LogP contribution in [-0.4, -0.2) is 43.4 Å². The minimum atomic E-state index is 0.123. The van der Waals surface area contributed by atoms with Gasteiger partial charge in [-0.05, 0) is 54.2 Å². The van der Waals surface area contributed by atoms with Crippen molar-refractivity contribution in [2.24, 2.45) is 0 Å². The standard InChI is InChI=1S/C23H23N5O/c29-23(19-5-3-17(4-6-19)15-27-13-10-24-16-27)28-11-7-18(8-12-28)21-14-26-22-20(21)2-1-9-25-22/h1-6,9-10,13-14,16,18H,7-8,11-12,15H2,(H,25,26). The molecule has 5 rings (SSSR count). The summed E-state index contributed by atoms with van der Waals surface area (Å²) in [5.41, 5.74) is 4.18. The lowest BCUT2D eigenvalue weighted by Crippen LogP contribution is -2.37. The lowest BCUT2D eigenvalue weighted by molar-refractivity contribution is 0.0713. The fourth-order valence-corrected chi connectivity index (χ4v) is 4.23. The molecule has 1 N–H and O–H groups in total. The first-order chi connectivity index (χ1) is 14.3. The van der Waals surface area contributed by atoms with Gasteiger partial charge in [0.2, 0.25) is 0 Å². The molecule has 29 heavy (non-hydrogen) atoms. The molecule has 0 atom stereocenters. The van der Waals surface area contributed by atoms with Gasteiger partial charge in [-0.1, -0.05) is 12.1 Å². The Labute approximate surface area is 169 Å². The predicted octanol–water partition coefficient (Wildman–Crippen LogP) is 3.83. The number of amides is 1. The average molecular weight is 385 g/mol. The van der Waals surface area contributed by atoms with E-state index in [9.17, 15) is 4.79 Å². The highest BCUT2D eigenvalue weighted by Gasteiger charge is 2.26. The Balaban J connectivity index is 1.23. The van der Waals surface area contributed by atoms with E-state index in [1.807, 2.05) is 52.2 Å². The summed E-state index contributed by atoms with van der Waals surface area (Å²) >= 11 is 0. The maximum atomic E-state index is 12.9. The Morgan fingerprint density at radius 2 is 1.93 bits per heavy atom. The van der Waals surface area contributed by atoms with Crippen LogP contribution in [0.3, 0.4) is 0 Å². The van der Waals surface area contributed by atoms with Gasteiger partial charge in [0, 0.05) is 55.4 Å². The van der Waals surface area contributed by atoms with E-state index in [0.717, 1.165) is 49.2 Å². The Morgan fingerprint density at radius 1 is 1.10 bits per heavy atom. The molecule has 146 valence electrons. The van der Waals surface area contributed by atoms with Crippen LogP contribution in [0.1, 0.15) is 40.2 Å². The number of fused-ring (bicyclic) bond motifs is 1. The van der Waals surface area contributed by atoms with Gasteiger partial charge in [0.05, 0.1) is 6.33 Å². The third kappa shape index (κ3) is 3.53. The van der Waals surface area contributed by atoms with Gasteiger partial charge in [0.25, 0.3) is 5.91 Å². The summed E-state index contributed by atoms with van der Waals surface area (Å²) in [7, 11) is 0. The Hall–Kier alpha value is -3.41. The van der Waals surface area contributed by atoms with Crippen molar-refractivity contribution in [3.05, 3.63) is 84.2 Å². The minimum Gasteiger partial charge on any atom is -0.346 e. The largest absolute Gasteiger partial charge is 0.346 e. The van der Waals surface area contributed by atoms with E-state index in [2.05, 4.69) is 27.2 Å². The zero-order chi connectivity index (χ0) is 19.6. The number of aromatic amines is 1. The Bertz CT molecular complexity index is 1110. The second-order valence-electron chi connectivity index (χ2n) is 7.64. The summed E-state index contributed by atoms with van der Waals surface area (Å²) in [5.74, 6) is 0.591. The number of carbonyl (C=O) groups excluding carboxylic acids is 1. The highest BCUT2D eigenvalue weighted by Crippen LogP contribution is 2.32. The number of benzene rings is 1. The molecule has 3 aromatic heterocycles. The molecule has 4 aromatic rings. The number of H-pyrrole nitrogens is 1. The lowest BCUT2D eigenvalue weighted by Gasteiger charge is -2.32. The van der Waals surface area contributed by atoms with E-state index in [1.165, 1.54) is 10.9 Å². The number of aromatic nitrogens is 4. The monoisotopic (exact) mass is 385 g/mol. The maximum Gasteiger partial charge on any atom is 0.253 e. The normalized spacial score (nSPS) is 15.1. The van der Waals surface area contributed by atoms with Gasteiger partial charge in [-0.3, -0.25) is 4.79 Å². The van der Waals surface area contributed by atoms with Gasteiger partial charge in [0.15, 0.2) is 0 Å². The van der Waals surface area contributed by atoms with Gasteiger partial charge in [-0.25, -0.2) is 9.97 Å². The van der Waals surface area contributed by atoms with Crippen molar-refractivity contribution >= 4 is 16.9 Å². The van der Waals surface area contributed by atoms with Crippen LogP contribution in [0.15, 0.2) is 67.5 Å². The van der Waals surface area contributed by atoms with Crippen LogP contribution in [0.5, 0.6) is 0 Å². The number of rotatable bonds is 4. The smallest absolute Gasteiger partial charge is 0.253 e. The van der Waals surface area contributed by atoms with Crippen molar-refractivity contribution in [3.63, 3.8) is 0 Å². The molecule has 0 bridgehead atoms. The third-order valence-corrected chi connectivity index (χ3v) is 5.83. The van der Waals surface area contributed by atoms with Gasteiger partial charge in [0.1, 0.15) is 5.65 Å². The van der Waals surface area contributed by atoms with E-state index >= 15 is 0 Å². The van der Waals surface area contributed by atoms with Crippen LogP contribution in [-0.2, 0) is 6.54 Å². The summed E-state index contributed by atoms with van der Waals surface area (Å²) in [5, 5.41) is 1.20.